The van der Waals surface area contributed by atoms with E-state index in [-0.39, 0.29) is 36.2 Å². The molecule has 6 heteroatoms. The Bertz CT molecular complexity index is 870. The highest BCUT2D eigenvalue weighted by Crippen LogP contribution is 2.47. The van der Waals surface area contributed by atoms with E-state index in [1.165, 1.54) is 0 Å². The standard InChI is InChI=1S/C24H29N3O2.ClH/c1-2-27(20-6-4-3-5-7-20)21(28)14-16-8-12-19(13-9-16)26-24(29)22-17-10-11-18(15-17)23(22)25;/h3-9,12-13,17-18,22-23H,2,10-11,14-15,25H2,1H3,(H,26,29);1H. The molecule has 2 aromatic carbocycles. The summed E-state index contributed by atoms with van der Waals surface area (Å²) < 4.78 is 0. The fourth-order valence-corrected chi connectivity index (χ4v) is 5.04. The maximum Gasteiger partial charge on any atom is 0.231 e. The highest BCUT2D eigenvalue weighted by atomic mass is 35.5. The zero-order chi connectivity index (χ0) is 20.4. The van der Waals surface area contributed by atoms with Gasteiger partial charge in [-0.1, -0.05) is 30.3 Å². The van der Waals surface area contributed by atoms with Crippen LogP contribution in [0.2, 0.25) is 0 Å². The Kier molecular flexibility index (Phi) is 7.16. The van der Waals surface area contributed by atoms with Crippen molar-refractivity contribution in [2.24, 2.45) is 23.5 Å². The van der Waals surface area contributed by atoms with Crippen LogP contribution in [-0.2, 0) is 16.0 Å². The van der Waals surface area contributed by atoms with Gasteiger partial charge in [-0.25, -0.2) is 0 Å². The molecule has 2 amide bonds. The van der Waals surface area contributed by atoms with Gasteiger partial charge in [-0.2, -0.15) is 0 Å². The summed E-state index contributed by atoms with van der Waals surface area (Å²) in [5.74, 6) is 0.970. The van der Waals surface area contributed by atoms with Crippen LogP contribution in [0.1, 0.15) is 31.7 Å². The number of nitrogens with zero attached hydrogens (tertiary/aromatic N) is 1. The van der Waals surface area contributed by atoms with Crippen molar-refractivity contribution >= 4 is 35.6 Å². The maximum absolute atomic E-state index is 12.7. The van der Waals surface area contributed by atoms with Crippen molar-refractivity contribution in [2.45, 2.75) is 38.6 Å². The minimum Gasteiger partial charge on any atom is -0.327 e. The van der Waals surface area contributed by atoms with E-state index in [4.69, 9.17) is 5.73 Å². The summed E-state index contributed by atoms with van der Waals surface area (Å²) >= 11 is 0. The molecule has 2 aliphatic carbocycles. The zero-order valence-electron chi connectivity index (χ0n) is 17.3. The van der Waals surface area contributed by atoms with Crippen LogP contribution in [0.4, 0.5) is 11.4 Å². The number of amides is 2. The van der Waals surface area contributed by atoms with Gasteiger partial charge < -0.3 is 16.0 Å². The SMILES string of the molecule is CCN(C(=O)Cc1ccc(NC(=O)C2C3CCC(C3)C2N)cc1)c1ccccc1.Cl. The summed E-state index contributed by atoms with van der Waals surface area (Å²) in [5.41, 5.74) is 8.88. The number of carbonyl (C=O) groups excluding carboxylic acids is 2. The van der Waals surface area contributed by atoms with E-state index in [9.17, 15) is 9.59 Å². The molecule has 0 radical (unpaired) electrons. The van der Waals surface area contributed by atoms with E-state index in [1.807, 2.05) is 61.5 Å². The van der Waals surface area contributed by atoms with E-state index < -0.39 is 0 Å². The molecule has 0 aliphatic heterocycles. The molecule has 0 heterocycles. The van der Waals surface area contributed by atoms with Gasteiger partial charge in [0.25, 0.3) is 0 Å². The van der Waals surface area contributed by atoms with Crippen molar-refractivity contribution < 1.29 is 9.59 Å². The molecule has 2 fully saturated rings. The summed E-state index contributed by atoms with van der Waals surface area (Å²) in [6.07, 6.45) is 3.70. The van der Waals surface area contributed by atoms with Gasteiger partial charge in [0.15, 0.2) is 0 Å². The van der Waals surface area contributed by atoms with Crippen LogP contribution >= 0.6 is 12.4 Å². The van der Waals surface area contributed by atoms with Crippen molar-refractivity contribution in [1.29, 1.82) is 0 Å². The first kappa shape index (κ1) is 22.3. The number of likely N-dealkylation sites (N-methyl/N-ethyl adjacent to an activating group) is 1. The van der Waals surface area contributed by atoms with Crippen LogP contribution in [0.5, 0.6) is 0 Å². The summed E-state index contributed by atoms with van der Waals surface area (Å²) in [7, 11) is 0. The zero-order valence-corrected chi connectivity index (χ0v) is 18.1. The molecular weight excluding hydrogens is 398 g/mol. The molecule has 2 aromatic rings. The molecule has 0 aromatic heterocycles. The first-order chi connectivity index (χ1) is 14.1. The monoisotopic (exact) mass is 427 g/mol. The number of anilines is 2. The molecular formula is C24H30ClN3O2. The van der Waals surface area contributed by atoms with Gasteiger partial charge in [0, 0.05) is 24.0 Å². The van der Waals surface area contributed by atoms with Gasteiger partial charge in [0.2, 0.25) is 11.8 Å². The Morgan fingerprint density at radius 3 is 2.30 bits per heavy atom. The lowest BCUT2D eigenvalue weighted by Crippen LogP contribution is -2.42. The van der Waals surface area contributed by atoms with Crippen LogP contribution in [0.15, 0.2) is 54.6 Å². The van der Waals surface area contributed by atoms with E-state index in [0.29, 0.717) is 24.8 Å². The van der Waals surface area contributed by atoms with Crippen LogP contribution in [0.3, 0.4) is 0 Å². The highest BCUT2D eigenvalue weighted by Gasteiger charge is 2.49. The molecule has 2 aliphatic rings. The van der Waals surface area contributed by atoms with Crippen molar-refractivity contribution in [2.75, 3.05) is 16.8 Å². The van der Waals surface area contributed by atoms with Gasteiger partial charge in [-0.3, -0.25) is 9.59 Å². The highest BCUT2D eigenvalue weighted by molar-refractivity contribution is 5.95. The smallest absolute Gasteiger partial charge is 0.231 e. The third-order valence-corrected chi connectivity index (χ3v) is 6.55. The molecule has 3 N–H and O–H groups in total. The number of halogens is 1. The molecule has 4 unspecified atom stereocenters. The number of rotatable bonds is 6. The molecule has 4 atom stereocenters. The molecule has 160 valence electrons. The summed E-state index contributed by atoms with van der Waals surface area (Å²) in [5, 5.41) is 3.03. The quantitative estimate of drug-likeness (QED) is 0.731. The number of nitrogens with two attached hydrogens (primary N) is 1. The lowest BCUT2D eigenvalue weighted by atomic mass is 9.84. The Labute approximate surface area is 184 Å². The van der Waals surface area contributed by atoms with Crippen LogP contribution in [0, 0.1) is 17.8 Å². The van der Waals surface area contributed by atoms with Gasteiger partial charge in [0.05, 0.1) is 12.3 Å². The Hall–Kier alpha value is -2.37. The second-order valence-electron chi connectivity index (χ2n) is 8.27. The van der Waals surface area contributed by atoms with E-state index in [2.05, 4.69) is 5.32 Å². The number of fused-ring (bicyclic) bond motifs is 2. The van der Waals surface area contributed by atoms with Crippen LogP contribution in [0.25, 0.3) is 0 Å². The lowest BCUT2D eigenvalue weighted by Gasteiger charge is -2.27. The Morgan fingerprint density at radius 2 is 1.70 bits per heavy atom. The first-order valence-corrected chi connectivity index (χ1v) is 10.6. The fraction of sp³-hybridized carbons (Fsp3) is 0.417. The van der Waals surface area contributed by atoms with Crippen molar-refractivity contribution in [3.05, 3.63) is 60.2 Å². The van der Waals surface area contributed by atoms with Crippen LogP contribution < -0.4 is 16.0 Å². The number of nitrogens with one attached hydrogen (secondary N) is 1. The van der Waals surface area contributed by atoms with Crippen molar-refractivity contribution in [3.8, 4) is 0 Å². The molecule has 5 nitrogen and oxygen atoms in total. The minimum absolute atomic E-state index is 0. The second kappa shape index (κ2) is 9.63. The second-order valence-corrected chi connectivity index (χ2v) is 8.27. The number of carbonyl (C=O) groups is 2. The van der Waals surface area contributed by atoms with Gasteiger partial charge in [0.1, 0.15) is 0 Å². The van der Waals surface area contributed by atoms with Gasteiger partial charge >= 0.3 is 0 Å². The molecule has 30 heavy (non-hydrogen) atoms. The van der Waals surface area contributed by atoms with Gasteiger partial charge in [-0.15, -0.1) is 12.4 Å². The average molecular weight is 428 g/mol. The normalized spacial score (nSPS) is 24.2. The molecule has 2 saturated carbocycles. The largest absolute Gasteiger partial charge is 0.327 e. The van der Waals surface area contributed by atoms with E-state index in [0.717, 1.165) is 36.2 Å². The van der Waals surface area contributed by atoms with E-state index in [1.54, 1.807) is 4.90 Å². The average Bonchev–Trinajstić information content (AvgIpc) is 3.32. The van der Waals surface area contributed by atoms with Crippen molar-refractivity contribution in [3.63, 3.8) is 0 Å². The van der Waals surface area contributed by atoms with Gasteiger partial charge in [-0.05, 0) is 67.9 Å². The lowest BCUT2D eigenvalue weighted by molar-refractivity contribution is -0.122. The molecule has 4 rings (SSSR count). The number of benzene rings is 2. The van der Waals surface area contributed by atoms with E-state index >= 15 is 0 Å². The topological polar surface area (TPSA) is 75.4 Å². The maximum atomic E-state index is 12.7. The fourth-order valence-electron chi connectivity index (χ4n) is 5.04. The first-order valence-electron chi connectivity index (χ1n) is 10.6. The number of hydrogen-bond donors (Lipinski definition) is 2. The van der Waals surface area contributed by atoms with Crippen LogP contribution in [-0.4, -0.2) is 24.4 Å². The Balaban J connectivity index is 0.00000256. The summed E-state index contributed by atoms with van der Waals surface area (Å²) in [4.78, 5) is 27.2. The summed E-state index contributed by atoms with van der Waals surface area (Å²) in [6.45, 7) is 2.60. The number of hydrogen-bond acceptors (Lipinski definition) is 3. The third-order valence-electron chi connectivity index (χ3n) is 6.55. The molecule has 0 saturated heterocycles. The Morgan fingerprint density at radius 1 is 1.03 bits per heavy atom. The minimum atomic E-state index is -0.0704. The predicted molar refractivity (Wildman–Crippen MR) is 123 cm³/mol. The molecule has 2 bridgehead atoms. The predicted octanol–water partition coefficient (Wildman–Crippen LogP) is 4.02. The third kappa shape index (κ3) is 4.52. The number of para-hydroxylation sites is 1. The summed E-state index contributed by atoms with van der Waals surface area (Å²) in [6, 6.07) is 17.3. The van der Waals surface area contributed by atoms with Crippen molar-refractivity contribution in [1.82, 2.24) is 0 Å². The molecule has 0 spiro atoms.